The van der Waals surface area contributed by atoms with Crippen LogP contribution in [0.15, 0.2) is 0 Å². The third kappa shape index (κ3) is 5.26. The summed E-state index contributed by atoms with van der Waals surface area (Å²) in [5, 5.41) is 7.93. The van der Waals surface area contributed by atoms with Gasteiger partial charge in [0.25, 0.3) is 0 Å². The second kappa shape index (κ2) is 4.42. The maximum absolute atomic E-state index is 9.62. The standard InChI is InChI=1S/CH2AsO2.Au.Ni/c2-1(3)4;;/h2H,(H,3,4);;/q-1;+1;. The van der Waals surface area contributed by atoms with E-state index in [-0.39, 0.29) is 15.4 Å². The van der Waals surface area contributed by atoms with E-state index in [1.165, 1.54) is 0 Å². The first-order valence-corrected chi connectivity index (χ1v) is 11.4. The summed E-state index contributed by atoms with van der Waals surface area (Å²) < 4.78 is -0.636. The molecule has 2 nitrogen and oxygen atoms in total. The van der Waals surface area contributed by atoms with Gasteiger partial charge in [-0.15, -0.1) is 0 Å². The van der Waals surface area contributed by atoms with Crippen LogP contribution in [0.25, 0.3) is 0 Å². The molecular formula is CH2AsAuNiO2. The van der Waals surface area contributed by atoms with E-state index in [0.29, 0.717) is 0 Å². The molecule has 1 atom stereocenters. The molecule has 0 heterocycles. The molecule has 0 rings (SSSR count). The Morgan fingerprint density at radius 3 is 2.50 bits per heavy atom. The van der Waals surface area contributed by atoms with Crippen LogP contribution in [0.2, 0.25) is 0 Å². The fourth-order valence-electron chi connectivity index (χ4n) is 0.0204. The quantitative estimate of drug-likeness (QED) is 0.664. The van der Waals surface area contributed by atoms with E-state index in [1.807, 2.05) is 0 Å². The van der Waals surface area contributed by atoms with Crippen LogP contribution in [0.3, 0.4) is 0 Å². The molecule has 44 valence electrons. The van der Waals surface area contributed by atoms with Crippen molar-refractivity contribution in [2.24, 2.45) is 0 Å². The van der Waals surface area contributed by atoms with Crippen molar-refractivity contribution in [1.29, 1.82) is 0 Å². The molecule has 0 aliphatic rings. The van der Waals surface area contributed by atoms with Crippen molar-refractivity contribution in [2.75, 3.05) is 0 Å². The van der Waals surface area contributed by atoms with Gasteiger partial charge in [0.05, 0.1) is 0 Å². The molecular weight excluding hydrogens is 375 g/mol. The summed E-state index contributed by atoms with van der Waals surface area (Å²) in [7, 11) is 0. The Kier molecular flexibility index (Phi) is 5.35. The van der Waals surface area contributed by atoms with Gasteiger partial charge in [-0.1, -0.05) is 0 Å². The van der Waals surface area contributed by atoms with Crippen molar-refractivity contribution in [3.63, 3.8) is 0 Å². The summed E-state index contributed by atoms with van der Waals surface area (Å²) in [6.07, 6.45) is 0. The maximum atomic E-state index is 9.62. The molecule has 1 unspecified atom stereocenters. The molecule has 0 aromatic heterocycles. The average Bonchev–Trinajstić information content (AvgIpc) is 1.35. The topological polar surface area (TPSA) is 37.3 Å². The van der Waals surface area contributed by atoms with Gasteiger partial charge in [-0.2, -0.15) is 0 Å². The normalized spacial score (nSPS) is 11.0. The van der Waals surface area contributed by atoms with Crippen molar-refractivity contribution >= 4 is 17.5 Å². The first-order valence-electron chi connectivity index (χ1n) is 0.924. The summed E-state index contributed by atoms with van der Waals surface area (Å²) in [4.78, 5) is 9.62. The number of hydrogen-bond donors (Lipinski definition) is 1. The predicted octanol–water partition coefficient (Wildman–Crippen LogP) is -0.440. The third-order valence-electron chi connectivity index (χ3n) is 0.0883. The van der Waals surface area contributed by atoms with Crippen LogP contribution in [-0.2, 0) is 28.0 Å². The van der Waals surface area contributed by atoms with E-state index >= 15 is 0 Å². The van der Waals surface area contributed by atoms with Gasteiger partial charge in [-0.05, 0) is 0 Å². The Morgan fingerprint density at radius 2 is 2.50 bits per heavy atom. The zero-order chi connectivity index (χ0) is 4.99. The monoisotopic (exact) mass is 376 g/mol. The number of carboxylic acid groups (broad SMARTS) is 1. The molecule has 0 radical (unpaired) electrons. The molecule has 0 saturated carbocycles. The Bertz CT molecular complexity index is 57.5. The van der Waals surface area contributed by atoms with E-state index in [4.69, 9.17) is 5.11 Å². The van der Waals surface area contributed by atoms with Crippen LogP contribution in [-0.4, -0.2) is 22.6 Å². The molecule has 1 N–H and O–H groups in total. The second-order valence-corrected chi connectivity index (χ2v) is 12.8. The molecule has 0 amide bonds. The van der Waals surface area contributed by atoms with Gasteiger partial charge in [0, 0.05) is 0 Å². The SMILES string of the molecule is O=C(O)[AsH][Au][Ni]. The Balaban J connectivity index is 2.83. The first-order chi connectivity index (χ1) is 2.77. The number of carbonyl (C=O) groups is 1. The van der Waals surface area contributed by atoms with Crippen LogP contribution in [0.1, 0.15) is 0 Å². The van der Waals surface area contributed by atoms with E-state index in [0.717, 1.165) is 0 Å². The van der Waals surface area contributed by atoms with E-state index in [2.05, 4.69) is 12.6 Å². The summed E-state index contributed by atoms with van der Waals surface area (Å²) in [6, 6.07) is 0. The molecule has 0 saturated heterocycles. The van der Waals surface area contributed by atoms with Crippen LogP contribution >= 0.6 is 0 Å². The van der Waals surface area contributed by atoms with Crippen LogP contribution < -0.4 is 0 Å². The van der Waals surface area contributed by atoms with Crippen LogP contribution in [0.5, 0.6) is 0 Å². The molecule has 0 aromatic carbocycles. The molecule has 0 aliphatic heterocycles. The summed E-state index contributed by atoms with van der Waals surface area (Å²) in [5.41, 5.74) is 0. The molecule has 0 bridgehead atoms. The first kappa shape index (κ1) is 7.26. The van der Waals surface area contributed by atoms with Gasteiger partial charge < -0.3 is 0 Å². The van der Waals surface area contributed by atoms with Crippen molar-refractivity contribution in [1.82, 2.24) is 0 Å². The zero-order valence-electron chi connectivity index (χ0n) is 2.47. The van der Waals surface area contributed by atoms with Crippen molar-refractivity contribution in [3.8, 4) is 0 Å². The predicted molar refractivity (Wildman–Crippen MR) is 15.2 cm³/mol. The Morgan fingerprint density at radius 1 is 2.00 bits per heavy atom. The van der Waals surface area contributed by atoms with Crippen LogP contribution in [0, 0.1) is 0 Å². The van der Waals surface area contributed by atoms with Gasteiger partial charge in [0.2, 0.25) is 0 Å². The van der Waals surface area contributed by atoms with Gasteiger partial charge in [-0.3, -0.25) is 0 Å². The molecule has 0 spiro atoms. The van der Waals surface area contributed by atoms with E-state index < -0.39 is 17.5 Å². The van der Waals surface area contributed by atoms with Gasteiger partial charge in [0.15, 0.2) is 0 Å². The van der Waals surface area contributed by atoms with E-state index in [9.17, 15) is 4.79 Å². The van der Waals surface area contributed by atoms with Crippen molar-refractivity contribution in [3.05, 3.63) is 0 Å². The molecule has 5 heteroatoms. The van der Waals surface area contributed by atoms with Gasteiger partial charge in [0.1, 0.15) is 0 Å². The zero-order valence-corrected chi connectivity index (χ0v) is 7.73. The molecule has 0 fully saturated rings. The van der Waals surface area contributed by atoms with Crippen molar-refractivity contribution < 1.29 is 37.9 Å². The summed E-state index contributed by atoms with van der Waals surface area (Å²) >= 11 is 3.36. The fraction of sp³-hybridized carbons (Fsp3) is 0. The summed E-state index contributed by atoms with van der Waals surface area (Å²) in [5.74, 6) is 0. The van der Waals surface area contributed by atoms with E-state index in [1.54, 1.807) is 0 Å². The van der Waals surface area contributed by atoms with Gasteiger partial charge >= 0.3 is 55.4 Å². The minimum atomic E-state index is -0.694. The average molecular weight is 377 g/mol. The molecule has 0 aliphatic carbocycles. The van der Waals surface area contributed by atoms with Gasteiger partial charge in [-0.25, -0.2) is 0 Å². The molecule has 6 heavy (non-hydrogen) atoms. The van der Waals surface area contributed by atoms with Crippen LogP contribution in [0.4, 0.5) is 4.79 Å². The number of hydrogen-bond acceptors (Lipinski definition) is 1. The minimum absolute atomic E-state index is 0.194. The molecule has 0 aromatic rings. The Labute approximate surface area is 55.0 Å². The third-order valence-corrected chi connectivity index (χ3v) is 6.92. The Hall–Kier alpha value is 1.26. The summed E-state index contributed by atoms with van der Waals surface area (Å²) in [6.45, 7) is 0. The second-order valence-electron chi connectivity index (χ2n) is 0.428. The van der Waals surface area contributed by atoms with Crippen molar-refractivity contribution in [2.45, 2.75) is 0 Å². The fourth-order valence-corrected chi connectivity index (χ4v) is 3.58. The number of rotatable bonds is 2.